The quantitative estimate of drug-likeness (QED) is 0.653. The van der Waals surface area contributed by atoms with Crippen LogP contribution in [0.1, 0.15) is 0 Å². The standard InChI is InChI=1S/C10H8O.S/c11-10-7-3-5-8-4-1-2-6-9(8)10;/h1-7,11H;. The van der Waals surface area contributed by atoms with Crippen molar-refractivity contribution in [3.8, 4) is 5.75 Å². The molecule has 0 unspecified atom stereocenters. The highest BCUT2D eigenvalue weighted by Gasteiger charge is 1.94. The molecule has 12 heavy (non-hydrogen) atoms. The molecule has 0 amide bonds. The topological polar surface area (TPSA) is 20.2 Å². The first-order valence-electron chi connectivity index (χ1n) is 3.54. The Bertz CT molecular complexity index is 379. The highest BCUT2D eigenvalue weighted by Crippen LogP contribution is 2.22. The van der Waals surface area contributed by atoms with Gasteiger partial charge < -0.3 is 5.11 Å². The summed E-state index contributed by atoms with van der Waals surface area (Å²) in [7, 11) is 0. The van der Waals surface area contributed by atoms with Gasteiger partial charge in [-0.1, -0.05) is 36.4 Å². The minimum atomic E-state index is 0. The van der Waals surface area contributed by atoms with Crippen molar-refractivity contribution in [3.05, 3.63) is 42.5 Å². The molecule has 0 saturated carbocycles. The predicted octanol–water partition coefficient (Wildman–Crippen LogP) is 3.19. The molecule has 1 nitrogen and oxygen atoms in total. The summed E-state index contributed by atoms with van der Waals surface area (Å²) in [6.45, 7) is 0. The van der Waals surface area contributed by atoms with Crippen molar-refractivity contribution >= 4 is 24.3 Å². The van der Waals surface area contributed by atoms with Gasteiger partial charge in [-0.2, -0.15) is 0 Å². The van der Waals surface area contributed by atoms with Crippen LogP contribution < -0.4 is 0 Å². The van der Waals surface area contributed by atoms with Crippen LogP contribution in [0.15, 0.2) is 42.5 Å². The lowest BCUT2D eigenvalue weighted by Gasteiger charge is -1.97. The van der Waals surface area contributed by atoms with E-state index in [9.17, 15) is 5.11 Å². The van der Waals surface area contributed by atoms with E-state index < -0.39 is 0 Å². The van der Waals surface area contributed by atoms with E-state index in [1.165, 1.54) is 0 Å². The maximum atomic E-state index is 9.37. The fourth-order valence-corrected chi connectivity index (χ4v) is 1.21. The lowest BCUT2D eigenvalue weighted by Crippen LogP contribution is -1.70. The molecular formula is C10H8OS. The molecular weight excluding hydrogens is 168 g/mol. The van der Waals surface area contributed by atoms with E-state index in [4.69, 9.17) is 0 Å². The number of phenolic OH excluding ortho intramolecular Hbond substituents is 1. The van der Waals surface area contributed by atoms with E-state index in [1.54, 1.807) is 6.07 Å². The van der Waals surface area contributed by atoms with Crippen LogP contribution in [-0.2, 0) is 0 Å². The fourth-order valence-electron chi connectivity index (χ4n) is 1.21. The second-order valence-electron chi connectivity index (χ2n) is 2.50. The van der Waals surface area contributed by atoms with Gasteiger partial charge in [-0.3, -0.25) is 0 Å². The molecule has 0 aliphatic heterocycles. The average Bonchev–Trinajstić information content (AvgIpc) is 2.06. The van der Waals surface area contributed by atoms with Crippen LogP contribution in [0.2, 0.25) is 0 Å². The Kier molecular flexibility index (Phi) is 2.61. The summed E-state index contributed by atoms with van der Waals surface area (Å²) >= 11 is 0. The number of hydrogen-bond donors (Lipinski definition) is 1. The Morgan fingerprint density at radius 1 is 0.833 bits per heavy atom. The summed E-state index contributed by atoms with van der Waals surface area (Å²) in [6, 6.07) is 13.3. The van der Waals surface area contributed by atoms with E-state index >= 15 is 0 Å². The van der Waals surface area contributed by atoms with Crippen LogP contribution in [-0.4, -0.2) is 5.11 Å². The molecule has 0 aliphatic rings. The third-order valence-corrected chi connectivity index (χ3v) is 1.77. The van der Waals surface area contributed by atoms with Crippen molar-refractivity contribution in [3.63, 3.8) is 0 Å². The number of fused-ring (bicyclic) bond motifs is 1. The first-order valence-corrected chi connectivity index (χ1v) is 3.54. The third-order valence-electron chi connectivity index (χ3n) is 1.77. The minimum absolute atomic E-state index is 0. The maximum Gasteiger partial charge on any atom is 0.123 e. The zero-order valence-corrected chi connectivity index (χ0v) is 7.21. The van der Waals surface area contributed by atoms with Gasteiger partial charge in [-0.15, -0.1) is 0 Å². The summed E-state index contributed by atoms with van der Waals surface area (Å²) < 4.78 is 0. The molecule has 0 spiro atoms. The first-order chi connectivity index (χ1) is 5.38. The molecule has 1 N–H and O–H groups in total. The fraction of sp³-hybridized carbons (Fsp3) is 0. The molecule has 0 aromatic heterocycles. The number of phenols is 1. The Hall–Kier alpha value is -1.15. The average molecular weight is 176 g/mol. The van der Waals surface area contributed by atoms with Gasteiger partial charge in [0.05, 0.1) is 0 Å². The second kappa shape index (κ2) is 3.50. The lowest BCUT2D eigenvalue weighted by molar-refractivity contribution is 0.481. The van der Waals surface area contributed by atoms with Crippen LogP contribution >= 0.6 is 13.5 Å². The van der Waals surface area contributed by atoms with Crippen molar-refractivity contribution in [2.24, 2.45) is 0 Å². The van der Waals surface area contributed by atoms with Crippen molar-refractivity contribution in [1.82, 2.24) is 0 Å². The van der Waals surface area contributed by atoms with E-state index in [0.717, 1.165) is 10.8 Å². The van der Waals surface area contributed by atoms with Crippen molar-refractivity contribution < 1.29 is 5.11 Å². The number of aromatic hydroxyl groups is 1. The highest BCUT2D eigenvalue weighted by atomic mass is 32.1. The molecule has 60 valence electrons. The number of hydrogen-bond acceptors (Lipinski definition) is 1. The zero-order valence-electron chi connectivity index (χ0n) is 6.40. The SMILES string of the molecule is Oc1cccc2ccccc12.[S]. The molecule has 0 bridgehead atoms. The van der Waals surface area contributed by atoms with Gasteiger partial charge in [0.1, 0.15) is 5.75 Å². The van der Waals surface area contributed by atoms with E-state index in [-0.39, 0.29) is 13.5 Å². The maximum absolute atomic E-state index is 9.37. The molecule has 2 rings (SSSR count). The lowest BCUT2D eigenvalue weighted by atomic mass is 10.1. The summed E-state index contributed by atoms with van der Waals surface area (Å²) in [5, 5.41) is 11.4. The monoisotopic (exact) mass is 176 g/mol. The first kappa shape index (κ1) is 8.94. The van der Waals surface area contributed by atoms with Gasteiger partial charge >= 0.3 is 0 Å². The normalized spacial score (nSPS) is 9.33. The van der Waals surface area contributed by atoms with Gasteiger partial charge in [0.15, 0.2) is 0 Å². The van der Waals surface area contributed by atoms with E-state index in [0.29, 0.717) is 5.75 Å². The van der Waals surface area contributed by atoms with Crippen molar-refractivity contribution in [1.29, 1.82) is 0 Å². The summed E-state index contributed by atoms with van der Waals surface area (Å²) in [6.07, 6.45) is 0. The van der Waals surface area contributed by atoms with Crippen LogP contribution in [0, 0.1) is 0 Å². The molecule has 0 fully saturated rings. The summed E-state index contributed by atoms with van der Waals surface area (Å²) in [5.74, 6) is 0.350. The summed E-state index contributed by atoms with van der Waals surface area (Å²) in [5.41, 5.74) is 0. The Labute approximate surface area is 78.1 Å². The smallest absolute Gasteiger partial charge is 0.123 e. The van der Waals surface area contributed by atoms with E-state index in [2.05, 4.69) is 0 Å². The molecule has 0 aliphatic carbocycles. The number of rotatable bonds is 0. The van der Waals surface area contributed by atoms with Gasteiger partial charge in [-0.25, -0.2) is 0 Å². The molecule has 2 heteroatoms. The summed E-state index contributed by atoms with van der Waals surface area (Å²) in [4.78, 5) is 0. The third kappa shape index (κ3) is 1.38. The second-order valence-corrected chi connectivity index (χ2v) is 2.50. The van der Waals surface area contributed by atoms with Gasteiger partial charge in [0, 0.05) is 18.9 Å². The molecule has 2 radical (unpaired) electrons. The van der Waals surface area contributed by atoms with Crippen LogP contribution in [0.3, 0.4) is 0 Å². The Balaban J connectivity index is 0.000000720. The molecule has 0 atom stereocenters. The Morgan fingerprint density at radius 2 is 1.50 bits per heavy atom. The van der Waals surface area contributed by atoms with Gasteiger partial charge in [-0.05, 0) is 11.5 Å². The number of benzene rings is 2. The van der Waals surface area contributed by atoms with Gasteiger partial charge in [0.2, 0.25) is 0 Å². The van der Waals surface area contributed by atoms with E-state index in [1.807, 2.05) is 36.4 Å². The van der Waals surface area contributed by atoms with Crippen LogP contribution in [0.5, 0.6) is 5.75 Å². The predicted molar refractivity (Wildman–Crippen MR) is 53.2 cm³/mol. The molecule has 0 heterocycles. The van der Waals surface area contributed by atoms with Crippen LogP contribution in [0.25, 0.3) is 10.8 Å². The van der Waals surface area contributed by atoms with Gasteiger partial charge in [0.25, 0.3) is 0 Å². The molecule has 0 saturated heterocycles. The van der Waals surface area contributed by atoms with Crippen molar-refractivity contribution in [2.75, 3.05) is 0 Å². The molecule has 2 aromatic rings. The molecule has 2 aromatic carbocycles. The van der Waals surface area contributed by atoms with Crippen LogP contribution in [0.4, 0.5) is 0 Å². The minimum Gasteiger partial charge on any atom is -0.507 e. The highest BCUT2D eigenvalue weighted by molar-refractivity contribution is 7.59. The largest absolute Gasteiger partial charge is 0.507 e. The Morgan fingerprint density at radius 3 is 2.25 bits per heavy atom. The zero-order chi connectivity index (χ0) is 7.68. The van der Waals surface area contributed by atoms with Crippen molar-refractivity contribution in [2.45, 2.75) is 0 Å².